The molecule has 3 nitrogen and oxygen atoms in total. The highest BCUT2D eigenvalue weighted by molar-refractivity contribution is 6.34. The maximum atomic E-state index is 13.9. The van der Waals surface area contributed by atoms with Gasteiger partial charge < -0.3 is 0 Å². The third-order valence-corrected chi connectivity index (χ3v) is 3.45. The molecule has 0 saturated carbocycles. The number of benzene rings is 1. The van der Waals surface area contributed by atoms with Gasteiger partial charge in [-0.25, -0.2) is 4.98 Å². The van der Waals surface area contributed by atoms with E-state index in [4.69, 9.17) is 11.6 Å². The van der Waals surface area contributed by atoms with Gasteiger partial charge in [-0.3, -0.25) is 0 Å². The fourth-order valence-corrected chi connectivity index (χ4v) is 2.43. The Labute approximate surface area is 127 Å². The first-order valence-electron chi connectivity index (χ1n) is 6.03. The van der Waals surface area contributed by atoms with Crippen LogP contribution in [0.15, 0.2) is 23.5 Å². The van der Waals surface area contributed by atoms with Crippen molar-refractivity contribution in [3.05, 3.63) is 50.9 Å². The molecular weight excluding hydrogens is 324 g/mol. The molecule has 0 amide bonds. The van der Waals surface area contributed by atoms with Gasteiger partial charge in [0.15, 0.2) is 0 Å². The van der Waals surface area contributed by atoms with Crippen molar-refractivity contribution in [2.45, 2.75) is 20.0 Å². The first-order chi connectivity index (χ1) is 10.2. The summed E-state index contributed by atoms with van der Waals surface area (Å²) in [5.74, 6) is -0.948. The second-order valence-corrected chi connectivity index (χ2v) is 5.10. The van der Waals surface area contributed by atoms with E-state index < -0.39 is 34.0 Å². The van der Waals surface area contributed by atoms with E-state index in [0.29, 0.717) is 11.6 Å². The highest BCUT2D eigenvalue weighted by atomic mass is 35.5. The van der Waals surface area contributed by atoms with Crippen molar-refractivity contribution in [1.29, 1.82) is 0 Å². The molecule has 8 heteroatoms. The normalized spacial score (nSPS) is 11.6. The van der Waals surface area contributed by atoms with Crippen LogP contribution >= 0.6 is 11.6 Å². The Morgan fingerprint density at radius 1 is 1.23 bits per heavy atom. The Balaban J connectivity index is 2.86. The molecule has 0 bridgehead atoms. The molecule has 2 aromatic rings. The van der Waals surface area contributed by atoms with Gasteiger partial charge in [0.05, 0.1) is 10.6 Å². The van der Waals surface area contributed by atoms with E-state index in [0.717, 1.165) is 6.92 Å². The summed E-state index contributed by atoms with van der Waals surface area (Å²) in [6, 6.07) is 1.99. The second-order valence-electron chi connectivity index (χ2n) is 4.69. The van der Waals surface area contributed by atoms with Gasteiger partial charge in [0.2, 0.25) is 5.95 Å². The predicted octanol–water partition coefficient (Wildman–Crippen LogP) is 5.57. The number of halogens is 5. The predicted molar refractivity (Wildman–Crippen MR) is 74.6 cm³/mol. The van der Waals surface area contributed by atoms with Crippen molar-refractivity contribution in [1.82, 2.24) is 4.98 Å². The number of rotatable bonds is 2. The number of hydrogen-bond acceptors (Lipinski definition) is 3. The maximum Gasteiger partial charge on any atom is 0.416 e. The summed E-state index contributed by atoms with van der Waals surface area (Å²) >= 11 is 5.86. The molecule has 0 fully saturated rings. The van der Waals surface area contributed by atoms with E-state index in [2.05, 4.69) is 10.2 Å². The first kappa shape index (κ1) is 16.4. The standard InChI is InChI=1S/C14H9ClF4N2O/c1-6-3-8(13(16)20-5-6)11-10(15)4-9(14(17,18)19)7(2)12(11)21-22/h3-5H,1-2H3. The lowest BCUT2D eigenvalue weighted by Gasteiger charge is -2.16. The van der Waals surface area contributed by atoms with Crippen molar-refractivity contribution >= 4 is 17.3 Å². The number of aryl methyl sites for hydroxylation is 1. The molecule has 116 valence electrons. The lowest BCUT2D eigenvalue weighted by atomic mass is 9.96. The summed E-state index contributed by atoms with van der Waals surface area (Å²) in [6.07, 6.45) is -3.45. The molecule has 2 rings (SSSR count). The van der Waals surface area contributed by atoms with E-state index >= 15 is 0 Å². The van der Waals surface area contributed by atoms with Crippen LogP contribution in [-0.2, 0) is 6.18 Å². The molecule has 0 aliphatic heterocycles. The van der Waals surface area contributed by atoms with Gasteiger partial charge in [-0.05, 0) is 42.3 Å². The summed E-state index contributed by atoms with van der Waals surface area (Å²) < 4.78 is 52.7. The molecule has 1 aromatic heterocycles. The lowest BCUT2D eigenvalue weighted by Crippen LogP contribution is -2.08. The number of pyridine rings is 1. The molecule has 1 heterocycles. The van der Waals surface area contributed by atoms with Gasteiger partial charge in [-0.15, -0.1) is 4.91 Å². The van der Waals surface area contributed by atoms with E-state index in [9.17, 15) is 22.5 Å². The van der Waals surface area contributed by atoms with Gasteiger partial charge in [-0.2, -0.15) is 17.6 Å². The third-order valence-electron chi connectivity index (χ3n) is 3.15. The SMILES string of the molecule is Cc1cnc(F)c(-c2c(Cl)cc(C(F)(F)F)c(C)c2N=O)c1. The third kappa shape index (κ3) is 2.81. The zero-order valence-electron chi connectivity index (χ0n) is 11.4. The van der Waals surface area contributed by atoms with E-state index in [1.165, 1.54) is 12.3 Å². The number of nitrogens with zero attached hydrogens (tertiary/aromatic N) is 2. The topological polar surface area (TPSA) is 42.3 Å². The van der Waals surface area contributed by atoms with Crippen LogP contribution < -0.4 is 0 Å². The van der Waals surface area contributed by atoms with Crippen LogP contribution in [-0.4, -0.2) is 4.98 Å². The van der Waals surface area contributed by atoms with E-state index in [1.54, 1.807) is 6.92 Å². The summed E-state index contributed by atoms with van der Waals surface area (Å²) in [4.78, 5) is 14.5. The zero-order valence-corrected chi connectivity index (χ0v) is 12.2. The maximum absolute atomic E-state index is 13.9. The van der Waals surface area contributed by atoms with Gasteiger partial charge in [0.25, 0.3) is 0 Å². The van der Waals surface area contributed by atoms with Crippen molar-refractivity contribution in [2.24, 2.45) is 5.18 Å². The molecule has 22 heavy (non-hydrogen) atoms. The summed E-state index contributed by atoms with van der Waals surface area (Å²) in [7, 11) is 0. The quantitative estimate of drug-likeness (QED) is 0.409. The van der Waals surface area contributed by atoms with Crippen LogP contribution in [0, 0.1) is 24.7 Å². The largest absolute Gasteiger partial charge is 0.416 e. The fraction of sp³-hybridized carbons (Fsp3) is 0.214. The number of aromatic nitrogens is 1. The molecule has 0 radical (unpaired) electrons. The molecular formula is C14H9ClF4N2O. The first-order valence-corrected chi connectivity index (χ1v) is 6.40. The smallest absolute Gasteiger partial charge is 0.228 e. The second kappa shape index (κ2) is 5.64. The molecule has 0 spiro atoms. The van der Waals surface area contributed by atoms with E-state index in [1.807, 2.05) is 0 Å². The molecule has 0 aliphatic rings. The number of nitroso groups, excluding NO2 is 1. The van der Waals surface area contributed by atoms with Crippen LogP contribution in [0.25, 0.3) is 11.1 Å². The van der Waals surface area contributed by atoms with Crippen LogP contribution in [0.4, 0.5) is 23.2 Å². The lowest BCUT2D eigenvalue weighted by molar-refractivity contribution is -0.138. The molecule has 0 atom stereocenters. The highest BCUT2D eigenvalue weighted by Gasteiger charge is 2.35. The van der Waals surface area contributed by atoms with Crippen LogP contribution in [0.2, 0.25) is 5.02 Å². The molecule has 1 aromatic carbocycles. The van der Waals surface area contributed by atoms with Crippen LogP contribution in [0.5, 0.6) is 0 Å². The Kier molecular flexibility index (Phi) is 4.19. The minimum Gasteiger partial charge on any atom is -0.228 e. The van der Waals surface area contributed by atoms with Gasteiger partial charge in [0.1, 0.15) is 5.69 Å². The van der Waals surface area contributed by atoms with Crippen molar-refractivity contribution in [2.75, 3.05) is 0 Å². The Bertz CT molecular complexity index is 759. The Hall–Kier alpha value is -2.02. The summed E-state index contributed by atoms with van der Waals surface area (Å²) in [6.45, 7) is 2.70. The van der Waals surface area contributed by atoms with Gasteiger partial charge >= 0.3 is 6.18 Å². The van der Waals surface area contributed by atoms with Crippen LogP contribution in [0.3, 0.4) is 0 Å². The van der Waals surface area contributed by atoms with Gasteiger partial charge in [0, 0.05) is 17.3 Å². The minimum absolute atomic E-state index is 0.170. The average Bonchev–Trinajstić information content (AvgIpc) is 2.42. The summed E-state index contributed by atoms with van der Waals surface area (Å²) in [5, 5.41) is 2.21. The fourth-order valence-electron chi connectivity index (χ4n) is 2.13. The molecule has 0 unspecified atom stereocenters. The van der Waals surface area contributed by atoms with Gasteiger partial charge in [-0.1, -0.05) is 11.6 Å². The molecule has 0 N–H and O–H groups in total. The monoisotopic (exact) mass is 332 g/mol. The average molecular weight is 333 g/mol. The van der Waals surface area contributed by atoms with Crippen molar-refractivity contribution in [3.8, 4) is 11.1 Å². The number of alkyl halides is 3. The Morgan fingerprint density at radius 3 is 2.41 bits per heavy atom. The zero-order chi connectivity index (χ0) is 16.7. The van der Waals surface area contributed by atoms with Crippen molar-refractivity contribution < 1.29 is 17.6 Å². The summed E-state index contributed by atoms with van der Waals surface area (Å²) in [5.41, 5.74) is -1.86. The highest BCUT2D eigenvalue weighted by Crippen LogP contribution is 2.45. The van der Waals surface area contributed by atoms with Crippen molar-refractivity contribution in [3.63, 3.8) is 0 Å². The number of hydrogen-bond donors (Lipinski definition) is 0. The molecule has 0 saturated heterocycles. The van der Waals surface area contributed by atoms with Crippen LogP contribution in [0.1, 0.15) is 16.7 Å². The Morgan fingerprint density at radius 2 is 1.86 bits per heavy atom. The molecule has 0 aliphatic carbocycles. The minimum atomic E-state index is -4.70. The van der Waals surface area contributed by atoms with E-state index in [-0.39, 0.29) is 11.1 Å².